The highest BCUT2D eigenvalue weighted by Crippen LogP contribution is 2.19. The van der Waals surface area contributed by atoms with Gasteiger partial charge in [0.05, 0.1) is 34.4 Å². The summed E-state index contributed by atoms with van der Waals surface area (Å²) in [5.74, 6) is -1.98. The minimum absolute atomic E-state index is 0.178. The lowest BCUT2D eigenvalue weighted by molar-refractivity contribution is -0.870. The molecule has 0 radical (unpaired) electrons. The lowest BCUT2D eigenvalue weighted by Gasteiger charge is -2.25. The summed E-state index contributed by atoms with van der Waals surface area (Å²) in [6.07, 6.45) is 79.0. The van der Waals surface area contributed by atoms with Crippen molar-refractivity contribution in [1.82, 2.24) is 0 Å². The number of carbonyl (C=O) groups is 3. The largest absolute Gasteiger partial charge is 0.477 e. The Morgan fingerprint density at radius 2 is 0.651 bits per heavy atom. The van der Waals surface area contributed by atoms with Crippen LogP contribution in [-0.2, 0) is 33.3 Å². The molecule has 2 atom stereocenters. The van der Waals surface area contributed by atoms with Gasteiger partial charge in [0.15, 0.2) is 6.10 Å². The van der Waals surface area contributed by atoms with Crippen molar-refractivity contribution in [3.8, 4) is 0 Å². The van der Waals surface area contributed by atoms with E-state index in [4.69, 9.17) is 18.9 Å². The Bertz CT molecular complexity index is 1410. The van der Waals surface area contributed by atoms with E-state index in [1.165, 1.54) is 295 Å². The zero-order valence-corrected chi connectivity index (χ0v) is 56.1. The number of ether oxygens (including phenoxy) is 4. The SMILES string of the molecule is CCCCC/C=C\C/C=C\CCCCCCCCCCCC(=O)OC(COC(=O)CCCCCCCCCCCCCCCCCCCCCCCCCCCCCCCCCCCCCCCCC)COC(OCC[N+](C)(C)C)C(=O)O. The van der Waals surface area contributed by atoms with Crippen LogP contribution in [-0.4, -0.2) is 87.4 Å². The predicted octanol–water partition coefficient (Wildman–Crippen LogP) is 22.6. The summed E-state index contributed by atoms with van der Waals surface area (Å²) in [5, 5.41) is 9.73. The van der Waals surface area contributed by atoms with Gasteiger partial charge in [0.25, 0.3) is 6.29 Å². The molecule has 0 rings (SSSR count). The number of hydrogen-bond acceptors (Lipinski definition) is 7. The van der Waals surface area contributed by atoms with Gasteiger partial charge in [-0.25, -0.2) is 4.79 Å². The Kier molecular flexibility index (Phi) is 64.0. The van der Waals surface area contributed by atoms with Crippen LogP contribution in [0.15, 0.2) is 24.3 Å². The second kappa shape index (κ2) is 65.7. The maximum Gasteiger partial charge on any atom is 0.361 e. The minimum Gasteiger partial charge on any atom is -0.477 e. The number of carboxylic acid groups (broad SMARTS) is 1. The van der Waals surface area contributed by atoms with E-state index in [2.05, 4.69) is 38.2 Å². The molecule has 0 aliphatic rings. The average Bonchev–Trinajstić information content (AvgIpc) is 3.46. The van der Waals surface area contributed by atoms with Crippen LogP contribution in [0.25, 0.3) is 0 Å². The van der Waals surface area contributed by atoms with Gasteiger partial charge in [-0.2, -0.15) is 0 Å². The van der Waals surface area contributed by atoms with Crippen LogP contribution in [0.1, 0.15) is 373 Å². The fourth-order valence-corrected chi connectivity index (χ4v) is 11.1. The normalized spacial score (nSPS) is 12.7. The van der Waals surface area contributed by atoms with Gasteiger partial charge in [-0.05, 0) is 44.9 Å². The summed E-state index contributed by atoms with van der Waals surface area (Å²) in [6, 6.07) is 0. The summed E-state index contributed by atoms with van der Waals surface area (Å²) in [5.41, 5.74) is 0. The molecule has 490 valence electrons. The number of nitrogens with zero attached hydrogens (tertiary/aromatic N) is 1. The maximum absolute atomic E-state index is 12.9. The van der Waals surface area contributed by atoms with Crippen LogP contribution in [0, 0.1) is 0 Å². The number of esters is 2. The Morgan fingerprint density at radius 1 is 0.361 bits per heavy atom. The first kappa shape index (κ1) is 80.8. The number of aliphatic carboxylic acids is 1. The molecule has 0 amide bonds. The number of rotatable bonds is 69. The van der Waals surface area contributed by atoms with Crippen LogP contribution in [0.3, 0.4) is 0 Å². The number of hydrogen-bond donors (Lipinski definition) is 1. The van der Waals surface area contributed by atoms with Gasteiger partial charge in [-0.15, -0.1) is 0 Å². The van der Waals surface area contributed by atoms with Crippen LogP contribution in [0.5, 0.6) is 0 Å². The summed E-state index contributed by atoms with van der Waals surface area (Å²) in [6.45, 7) is 4.91. The fraction of sp³-hybridized carbons (Fsp3) is 0.905. The van der Waals surface area contributed by atoms with Gasteiger partial charge in [0, 0.05) is 12.8 Å². The smallest absolute Gasteiger partial charge is 0.361 e. The summed E-state index contributed by atoms with van der Waals surface area (Å²) < 4.78 is 23.0. The number of quaternary nitrogens is 1. The highest BCUT2D eigenvalue weighted by atomic mass is 16.7. The van der Waals surface area contributed by atoms with Crippen LogP contribution < -0.4 is 0 Å². The van der Waals surface area contributed by atoms with Gasteiger partial charge in [-0.1, -0.05) is 340 Å². The van der Waals surface area contributed by atoms with Gasteiger partial charge < -0.3 is 28.5 Å². The van der Waals surface area contributed by atoms with Crippen molar-refractivity contribution in [3.63, 3.8) is 0 Å². The molecule has 0 saturated carbocycles. The van der Waals surface area contributed by atoms with Gasteiger partial charge in [-0.3, -0.25) is 9.59 Å². The zero-order valence-electron chi connectivity index (χ0n) is 56.1. The van der Waals surface area contributed by atoms with E-state index in [0.29, 0.717) is 17.4 Å². The number of carboxylic acids is 1. The molecule has 0 heterocycles. The van der Waals surface area contributed by atoms with E-state index in [9.17, 15) is 19.5 Å². The quantitative estimate of drug-likeness (QED) is 0.0211. The molecule has 0 spiro atoms. The first-order chi connectivity index (χ1) is 40.6. The molecule has 2 unspecified atom stereocenters. The summed E-state index contributed by atoms with van der Waals surface area (Å²) in [4.78, 5) is 37.6. The molecular formula is C74H142NO8+. The van der Waals surface area contributed by atoms with E-state index in [1.54, 1.807) is 0 Å². The molecule has 9 nitrogen and oxygen atoms in total. The molecule has 0 aromatic carbocycles. The van der Waals surface area contributed by atoms with E-state index < -0.39 is 24.3 Å². The minimum atomic E-state index is -1.51. The summed E-state index contributed by atoms with van der Waals surface area (Å²) >= 11 is 0. The Labute approximate surface area is 516 Å². The van der Waals surface area contributed by atoms with Crippen LogP contribution in [0.4, 0.5) is 0 Å². The molecule has 0 aromatic heterocycles. The lowest BCUT2D eigenvalue weighted by Crippen LogP contribution is -2.40. The average molecular weight is 1170 g/mol. The highest BCUT2D eigenvalue weighted by Gasteiger charge is 2.25. The van der Waals surface area contributed by atoms with E-state index >= 15 is 0 Å². The van der Waals surface area contributed by atoms with E-state index in [0.717, 1.165) is 51.4 Å². The van der Waals surface area contributed by atoms with Gasteiger partial charge >= 0.3 is 17.9 Å². The first-order valence-corrected chi connectivity index (χ1v) is 36.5. The standard InChI is InChI=1S/C74H141NO8/c1-6-8-10-12-14-16-18-20-22-24-26-27-28-29-30-31-32-33-34-35-36-37-38-39-40-41-42-43-44-45-47-48-50-52-54-56-58-60-62-64-71(76)81-68-70(69-82-74(73(78)79)80-67-66-75(3,4)5)83-72(77)65-63-61-59-57-55-53-51-49-46-25-23-21-19-17-15-13-11-9-7-2/h15,17,21,23,70,74H,6-14,16,18-20,22,24-69H2,1-5H3/p+1/b17-15-,23-21-. The Hall–Kier alpha value is -2.23. The molecule has 0 aromatic rings. The molecule has 0 aliphatic heterocycles. The van der Waals surface area contributed by atoms with Crippen LogP contribution >= 0.6 is 0 Å². The summed E-state index contributed by atoms with van der Waals surface area (Å²) in [7, 11) is 5.99. The topological polar surface area (TPSA) is 108 Å². The molecule has 9 heteroatoms. The van der Waals surface area contributed by atoms with E-state index in [-0.39, 0.29) is 32.2 Å². The van der Waals surface area contributed by atoms with Crippen molar-refractivity contribution in [1.29, 1.82) is 0 Å². The second-order valence-corrected chi connectivity index (χ2v) is 26.3. The van der Waals surface area contributed by atoms with Crippen molar-refractivity contribution in [2.75, 3.05) is 47.5 Å². The monoisotopic (exact) mass is 1170 g/mol. The molecule has 83 heavy (non-hydrogen) atoms. The third-order valence-electron chi connectivity index (χ3n) is 16.7. The molecule has 0 aliphatic carbocycles. The van der Waals surface area contributed by atoms with Crippen molar-refractivity contribution in [2.45, 2.75) is 386 Å². The second-order valence-electron chi connectivity index (χ2n) is 26.3. The zero-order chi connectivity index (χ0) is 60.5. The van der Waals surface area contributed by atoms with Crippen molar-refractivity contribution in [3.05, 3.63) is 24.3 Å². The fourth-order valence-electron chi connectivity index (χ4n) is 11.1. The van der Waals surface area contributed by atoms with Crippen molar-refractivity contribution in [2.24, 2.45) is 0 Å². The van der Waals surface area contributed by atoms with E-state index in [1.807, 2.05) is 21.1 Å². The molecular weight excluding hydrogens is 1030 g/mol. The molecule has 0 bridgehead atoms. The number of allylic oxidation sites excluding steroid dienone is 4. The Balaban J connectivity index is 3.91. The van der Waals surface area contributed by atoms with Crippen molar-refractivity contribution >= 4 is 17.9 Å². The number of carbonyl (C=O) groups excluding carboxylic acids is 2. The predicted molar refractivity (Wildman–Crippen MR) is 355 cm³/mol. The van der Waals surface area contributed by atoms with Gasteiger partial charge in [0.2, 0.25) is 0 Å². The third kappa shape index (κ3) is 67.1. The van der Waals surface area contributed by atoms with Crippen molar-refractivity contribution < 1.29 is 42.9 Å². The number of likely N-dealkylation sites (N-methyl/N-ethyl adjacent to an activating group) is 1. The lowest BCUT2D eigenvalue weighted by atomic mass is 10.0. The maximum atomic E-state index is 12.9. The third-order valence-corrected chi connectivity index (χ3v) is 16.7. The molecule has 1 N–H and O–H groups in total. The van der Waals surface area contributed by atoms with Gasteiger partial charge in [0.1, 0.15) is 13.2 Å². The number of unbranched alkanes of at least 4 members (excludes halogenated alkanes) is 50. The molecule has 0 fully saturated rings. The Morgan fingerprint density at radius 3 is 0.976 bits per heavy atom. The van der Waals surface area contributed by atoms with Crippen LogP contribution in [0.2, 0.25) is 0 Å². The first-order valence-electron chi connectivity index (χ1n) is 36.5. The molecule has 0 saturated heterocycles. The highest BCUT2D eigenvalue weighted by molar-refractivity contribution is 5.71.